The first-order valence-electron chi connectivity index (χ1n) is 12.7. The van der Waals surface area contributed by atoms with E-state index in [-0.39, 0.29) is 24.1 Å². The monoisotopic (exact) mass is 514 g/mol. The van der Waals surface area contributed by atoms with E-state index < -0.39 is 39.2 Å². The number of carbonyl (C=O) groups excluding carboxylic acids is 1. The molecule has 6 rings (SSSR count). The van der Waals surface area contributed by atoms with Gasteiger partial charge in [0.15, 0.2) is 0 Å². The van der Waals surface area contributed by atoms with Crippen LogP contribution >= 0.6 is 12.6 Å². The minimum Gasteiger partial charge on any atom is -0.390 e. The third-order valence-electron chi connectivity index (χ3n) is 10.6. The molecule has 5 nitrogen and oxygen atoms in total. The van der Waals surface area contributed by atoms with Gasteiger partial charge in [-0.3, -0.25) is 4.79 Å². The summed E-state index contributed by atoms with van der Waals surface area (Å²) in [6.07, 6.45) is 4.48. The van der Waals surface area contributed by atoms with E-state index in [0.717, 1.165) is 22.5 Å². The zero-order chi connectivity index (χ0) is 25.8. The number of aliphatic hydroxyl groups is 2. The van der Waals surface area contributed by atoms with Crippen LogP contribution < -0.4 is 0 Å². The Labute approximate surface area is 215 Å². The number of alkyl halides is 1. The van der Waals surface area contributed by atoms with Crippen LogP contribution in [0.1, 0.15) is 57.7 Å². The summed E-state index contributed by atoms with van der Waals surface area (Å²) in [5.74, 6) is -1.44. The van der Waals surface area contributed by atoms with Crippen LogP contribution in [0.3, 0.4) is 0 Å². The van der Waals surface area contributed by atoms with Crippen molar-refractivity contribution in [3.05, 3.63) is 53.1 Å². The average Bonchev–Trinajstić information content (AvgIpc) is 3.31. The van der Waals surface area contributed by atoms with Gasteiger partial charge in [-0.05, 0) is 79.8 Å². The molecule has 3 saturated carbocycles. The van der Waals surface area contributed by atoms with E-state index >= 15 is 4.39 Å². The van der Waals surface area contributed by atoms with Gasteiger partial charge in [0.25, 0.3) is 0 Å². The molecule has 0 saturated heterocycles. The molecule has 1 aromatic heterocycles. The molecule has 0 spiro atoms. The lowest BCUT2D eigenvalue weighted by Crippen LogP contribution is -2.69. The van der Waals surface area contributed by atoms with Crippen LogP contribution in [0, 0.1) is 34.4 Å². The summed E-state index contributed by atoms with van der Waals surface area (Å²) in [6, 6.07) is 6.11. The zero-order valence-corrected chi connectivity index (χ0v) is 21.6. The van der Waals surface area contributed by atoms with Crippen molar-refractivity contribution in [1.29, 1.82) is 0 Å². The molecule has 0 amide bonds. The van der Waals surface area contributed by atoms with Crippen LogP contribution in [-0.4, -0.2) is 42.5 Å². The van der Waals surface area contributed by atoms with Gasteiger partial charge in [0, 0.05) is 16.7 Å². The number of thiol groups is 1. The quantitative estimate of drug-likeness (QED) is 0.509. The summed E-state index contributed by atoms with van der Waals surface area (Å²) in [6.45, 7) is 5.57. The Morgan fingerprint density at radius 2 is 1.92 bits per heavy atom. The van der Waals surface area contributed by atoms with Crippen molar-refractivity contribution in [3.8, 4) is 5.69 Å². The van der Waals surface area contributed by atoms with E-state index in [0.29, 0.717) is 25.7 Å². The molecule has 0 aliphatic heterocycles. The molecule has 36 heavy (non-hydrogen) atoms. The molecule has 2 N–H and O–H groups in total. The molecule has 1 aromatic carbocycles. The van der Waals surface area contributed by atoms with Crippen LogP contribution in [0.2, 0.25) is 0 Å². The zero-order valence-electron chi connectivity index (χ0n) is 20.7. The molecule has 0 unspecified atom stereocenters. The lowest BCUT2D eigenvalue weighted by molar-refractivity contribution is -0.224. The van der Waals surface area contributed by atoms with Gasteiger partial charge >= 0.3 is 0 Å². The predicted octanol–water partition coefficient (Wildman–Crippen LogP) is 4.69. The molecule has 0 radical (unpaired) electrons. The molecule has 2 aromatic rings. The number of hydrogen-bond donors (Lipinski definition) is 3. The third-order valence-corrected chi connectivity index (χ3v) is 10.9. The van der Waals surface area contributed by atoms with Crippen molar-refractivity contribution in [1.82, 2.24) is 9.78 Å². The van der Waals surface area contributed by atoms with Gasteiger partial charge in [-0.2, -0.15) is 5.10 Å². The van der Waals surface area contributed by atoms with Gasteiger partial charge in [-0.25, -0.2) is 13.5 Å². The second-order valence-electron chi connectivity index (χ2n) is 12.0. The standard InChI is InChI=1S/C28H32F2N2O3S/c1-15-10-21-20-9-4-17-11-22-16(14-31-32(22)19-7-5-18(29)6-8-19)12-25(17,2)27(20,30)23(33)13-26(21,3)28(15,35)24(34)36/h5-8,11,14-15,20-21,23,33,35H,4,9-10,12-13H2,1-3H3,(H,34,36)/t15-,20+,21+,23+,25+,26+,27+,28+/m1/s1. The maximum Gasteiger partial charge on any atom is 0.218 e. The van der Waals surface area contributed by atoms with Crippen molar-refractivity contribution in [2.75, 3.05) is 0 Å². The van der Waals surface area contributed by atoms with Crippen LogP contribution in [0.25, 0.3) is 11.8 Å². The molecular formula is C28H32F2N2O3S. The van der Waals surface area contributed by atoms with Gasteiger partial charge < -0.3 is 10.2 Å². The Bertz CT molecular complexity index is 1290. The summed E-state index contributed by atoms with van der Waals surface area (Å²) in [4.78, 5) is 12.6. The number of carbonyl (C=O) groups is 1. The normalized spacial score (nSPS) is 43.2. The van der Waals surface area contributed by atoms with E-state index in [4.69, 9.17) is 0 Å². The fraction of sp³-hybridized carbons (Fsp3) is 0.571. The second-order valence-corrected chi connectivity index (χ2v) is 12.4. The molecule has 8 atom stereocenters. The number of nitrogens with zero attached hydrogens (tertiary/aromatic N) is 2. The number of fused-ring (bicyclic) bond motifs is 6. The second kappa shape index (κ2) is 7.51. The highest BCUT2D eigenvalue weighted by Gasteiger charge is 2.75. The average molecular weight is 515 g/mol. The highest BCUT2D eigenvalue weighted by Crippen LogP contribution is 2.71. The summed E-state index contributed by atoms with van der Waals surface area (Å²) in [5, 5.41) is 27.0. The Morgan fingerprint density at radius 3 is 2.58 bits per heavy atom. The Hall–Kier alpha value is -2.03. The van der Waals surface area contributed by atoms with Crippen LogP contribution in [0.15, 0.2) is 36.0 Å². The summed E-state index contributed by atoms with van der Waals surface area (Å²) < 4.78 is 32.9. The van der Waals surface area contributed by atoms with E-state index in [1.165, 1.54) is 12.1 Å². The van der Waals surface area contributed by atoms with Gasteiger partial charge in [0.2, 0.25) is 5.12 Å². The largest absolute Gasteiger partial charge is 0.390 e. The van der Waals surface area contributed by atoms with Gasteiger partial charge in [0.05, 0.1) is 23.7 Å². The highest BCUT2D eigenvalue weighted by molar-refractivity contribution is 7.96. The number of halogens is 2. The van der Waals surface area contributed by atoms with Gasteiger partial charge in [-0.1, -0.05) is 26.3 Å². The van der Waals surface area contributed by atoms with Crippen molar-refractivity contribution in [2.45, 2.75) is 70.2 Å². The Morgan fingerprint density at radius 1 is 1.22 bits per heavy atom. The maximum atomic E-state index is 17.6. The Balaban J connectivity index is 1.43. The van der Waals surface area contributed by atoms with Crippen LogP contribution in [0.5, 0.6) is 0 Å². The van der Waals surface area contributed by atoms with E-state index in [9.17, 15) is 19.4 Å². The molecule has 0 bridgehead atoms. The van der Waals surface area contributed by atoms with Crippen LogP contribution in [0.4, 0.5) is 8.78 Å². The molecule has 4 aliphatic carbocycles. The van der Waals surface area contributed by atoms with E-state index in [2.05, 4.69) is 17.7 Å². The van der Waals surface area contributed by atoms with Gasteiger partial charge in [0.1, 0.15) is 17.1 Å². The van der Waals surface area contributed by atoms with Crippen molar-refractivity contribution >= 4 is 23.8 Å². The minimum absolute atomic E-state index is 0.00236. The third kappa shape index (κ3) is 2.73. The minimum atomic E-state index is -1.92. The molecule has 4 aliphatic rings. The number of aromatic nitrogens is 2. The Kier molecular flexibility index (Phi) is 5.07. The molecule has 3 fully saturated rings. The van der Waals surface area contributed by atoms with Crippen molar-refractivity contribution in [2.24, 2.45) is 28.6 Å². The first kappa shape index (κ1) is 24.3. The number of benzene rings is 1. The van der Waals surface area contributed by atoms with Crippen molar-refractivity contribution < 1.29 is 23.8 Å². The molecule has 192 valence electrons. The van der Waals surface area contributed by atoms with Crippen molar-refractivity contribution in [3.63, 3.8) is 0 Å². The lowest BCUT2D eigenvalue weighted by Gasteiger charge is -2.63. The summed E-state index contributed by atoms with van der Waals surface area (Å²) >= 11 is 4.03. The fourth-order valence-corrected chi connectivity index (χ4v) is 9.11. The van der Waals surface area contributed by atoms with Gasteiger partial charge in [-0.15, -0.1) is 12.6 Å². The molecular weight excluding hydrogens is 482 g/mol. The topological polar surface area (TPSA) is 75.3 Å². The molecule has 1 heterocycles. The number of rotatable bonds is 2. The SMILES string of the molecule is C[C@@H]1C[C@H]2[C@@H]3CCC4=Cc5c(cnn5-c5ccc(F)cc5)C[C@]4(C)[C@@]3(F)[C@@H](O)C[C@]2(C)[C@@]1(O)C(=O)S. The van der Waals surface area contributed by atoms with Crippen LogP contribution in [-0.2, 0) is 11.2 Å². The first-order chi connectivity index (χ1) is 16.9. The number of aliphatic hydroxyl groups excluding tert-OH is 1. The fourth-order valence-electron chi connectivity index (χ4n) is 8.63. The molecule has 8 heteroatoms. The highest BCUT2D eigenvalue weighted by atomic mass is 32.1. The number of allylic oxidation sites excluding steroid dienone is 1. The number of hydrogen-bond acceptors (Lipinski definition) is 4. The first-order valence-corrected chi connectivity index (χ1v) is 13.2. The smallest absolute Gasteiger partial charge is 0.218 e. The van der Waals surface area contributed by atoms with E-state index in [1.807, 2.05) is 26.8 Å². The summed E-state index contributed by atoms with van der Waals surface area (Å²) in [7, 11) is 0. The summed E-state index contributed by atoms with van der Waals surface area (Å²) in [5.41, 5.74) is -2.11. The lowest BCUT2D eigenvalue weighted by atomic mass is 9.44. The predicted molar refractivity (Wildman–Crippen MR) is 135 cm³/mol. The van der Waals surface area contributed by atoms with E-state index in [1.54, 1.807) is 23.0 Å². The maximum absolute atomic E-state index is 17.6.